The Morgan fingerprint density at radius 3 is 2.42 bits per heavy atom. The lowest BCUT2D eigenvalue weighted by Gasteiger charge is -2.19. The van der Waals surface area contributed by atoms with E-state index in [2.05, 4.69) is 30.7 Å². The zero-order chi connectivity index (χ0) is 34.7. The first-order valence-corrected chi connectivity index (χ1v) is 14.4. The van der Waals surface area contributed by atoms with Crippen LogP contribution >= 0.6 is 11.6 Å². The molecule has 5 rings (SSSR count). The minimum absolute atomic E-state index is 0.00231. The number of imidazole rings is 1. The van der Waals surface area contributed by atoms with Gasteiger partial charge in [0.1, 0.15) is 30.1 Å². The van der Waals surface area contributed by atoms with E-state index >= 15 is 0 Å². The number of hydrogen-bond acceptors (Lipinski definition) is 7. The molecule has 0 bridgehead atoms. The Bertz CT molecular complexity index is 2000. The van der Waals surface area contributed by atoms with Crippen LogP contribution in [0.15, 0.2) is 67.4 Å². The normalized spacial score (nSPS) is 12.1. The van der Waals surface area contributed by atoms with Crippen molar-refractivity contribution in [3.63, 3.8) is 0 Å². The highest BCUT2D eigenvalue weighted by atomic mass is 35.5. The third-order valence-electron chi connectivity index (χ3n) is 7.06. The first kappa shape index (κ1) is 33.8. The molecule has 0 fully saturated rings. The molecule has 2 aromatic carbocycles. The second-order valence-corrected chi connectivity index (χ2v) is 11.0. The maximum absolute atomic E-state index is 14.3. The van der Waals surface area contributed by atoms with Crippen LogP contribution < -0.4 is 10.6 Å². The van der Waals surface area contributed by atoms with Gasteiger partial charge in [-0.25, -0.2) is 28.4 Å². The Morgan fingerprint density at radius 1 is 1.00 bits per heavy atom. The number of halogens is 6. The number of ketones is 1. The molecule has 0 saturated heterocycles. The van der Waals surface area contributed by atoms with Crippen LogP contribution in [0.25, 0.3) is 5.82 Å². The summed E-state index contributed by atoms with van der Waals surface area (Å²) in [6.45, 7) is 2.28. The molecule has 2 amide bonds. The summed E-state index contributed by atoms with van der Waals surface area (Å²) in [5, 5.41) is 9.09. The number of carbonyl (C=O) groups is 3. The number of hydrogen-bond donors (Lipinski definition) is 2. The summed E-state index contributed by atoms with van der Waals surface area (Å²) in [4.78, 5) is 51.6. The fourth-order valence-electron chi connectivity index (χ4n) is 4.85. The van der Waals surface area contributed by atoms with Gasteiger partial charge >= 0.3 is 6.18 Å². The van der Waals surface area contributed by atoms with Crippen LogP contribution in [0, 0.1) is 11.6 Å². The summed E-state index contributed by atoms with van der Waals surface area (Å²) in [7, 11) is 0. The van der Waals surface area contributed by atoms with E-state index in [0.717, 1.165) is 12.1 Å². The minimum Gasteiger partial charge on any atom is -0.345 e. The van der Waals surface area contributed by atoms with Crippen LogP contribution in [0.3, 0.4) is 0 Å². The number of nitrogens with one attached hydrogen (secondary N) is 2. The lowest BCUT2D eigenvalue weighted by atomic mass is 9.96. The van der Waals surface area contributed by atoms with Crippen LogP contribution in [-0.2, 0) is 24.1 Å². The van der Waals surface area contributed by atoms with Gasteiger partial charge in [-0.2, -0.15) is 18.3 Å². The van der Waals surface area contributed by atoms with E-state index in [1.807, 2.05) is 0 Å². The predicted octanol–water partition coefficient (Wildman–Crippen LogP) is 5.73. The van der Waals surface area contributed by atoms with Crippen molar-refractivity contribution >= 4 is 35.0 Å². The lowest BCUT2D eigenvalue weighted by molar-refractivity contribution is -0.137. The first-order valence-electron chi connectivity index (χ1n) is 14.0. The third-order valence-corrected chi connectivity index (χ3v) is 7.40. The molecule has 0 aliphatic carbocycles. The summed E-state index contributed by atoms with van der Waals surface area (Å²) in [5.74, 6) is -5.61. The molecule has 3 heterocycles. The lowest BCUT2D eigenvalue weighted by Crippen LogP contribution is -2.28. The van der Waals surface area contributed by atoms with E-state index in [1.165, 1.54) is 48.0 Å². The van der Waals surface area contributed by atoms with Gasteiger partial charge in [-0.05, 0) is 60.5 Å². The Morgan fingerprint density at radius 2 is 1.77 bits per heavy atom. The zero-order valence-electron chi connectivity index (χ0n) is 25.0. The summed E-state index contributed by atoms with van der Waals surface area (Å²) < 4.78 is 71.2. The Labute approximate surface area is 273 Å². The number of nitrogens with zero attached hydrogens (tertiary/aromatic N) is 6. The van der Waals surface area contributed by atoms with Gasteiger partial charge in [-0.3, -0.25) is 14.4 Å². The number of Topliss-reactive ketones (excluding diaryl/α,β-unsaturated/α-hetero) is 1. The minimum atomic E-state index is -4.95. The Kier molecular flexibility index (Phi) is 9.65. The number of carbonyl (C=O) groups excluding carboxylic acids is 3. The number of aromatic nitrogens is 6. The van der Waals surface area contributed by atoms with Gasteiger partial charge < -0.3 is 15.2 Å². The molecule has 0 spiro atoms. The molecule has 3 aromatic heterocycles. The summed E-state index contributed by atoms with van der Waals surface area (Å²) in [6, 6.07) is 8.11. The van der Waals surface area contributed by atoms with Gasteiger partial charge in [0.2, 0.25) is 5.82 Å². The van der Waals surface area contributed by atoms with Gasteiger partial charge in [-0.1, -0.05) is 24.6 Å². The summed E-state index contributed by atoms with van der Waals surface area (Å²) in [5.41, 5.74) is -1.34. The van der Waals surface area contributed by atoms with Gasteiger partial charge in [0.05, 0.1) is 17.8 Å². The smallest absolute Gasteiger partial charge is 0.345 e. The van der Waals surface area contributed by atoms with Crippen molar-refractivity contribution in [3.05, 3.63) is 118 Å². The molecular formula is C31H24ClF5N8O3. The van der Waals surface area contributed by atoms with Crippen LogP contribution in [0.1, 0.15) is 63.1 Å². The molecular weight excluding hydrogens is 663 g/mol. The predicted molar refractivity (Wildman–Crippen MR) is 162 cm³/mol. The molecule has 1 atom stereocenters. The van der Waals surface area contributed by atoms with Gasteiger partial charge in [0, 0.05) is 29.2 Å². The average molecular weight is 687 g/mol. The molecule has 248 valence electrons. The zero-order valence-corrected chi connectivity index (χ0v) is 25.8. The quantitative estimate of drug-likeness (QED) is 0.179. The van der Waals surface area contributed by atoms with E-state index in [4.69, 9.17) is 11.6 Å². The number of pyridine rings is 1. The number of alkyl halides is 3. The fraction of sp³-hybridized carbons (Fsp3) is 0.194. The number of benzene rings is 2. The van der Waals surface area contributed by atoms with Gasteiger partial charge in [0.15, 0.2) is 11.6 Å². The number of anilines is 1. The van der Waals surface area contributed by atoms with Crippen LogP contribution in [0.5, 0.6) is 0 Å². The second kappa shape index (κ2) is 13.7. The first-order chi connectivity index (χ1) is 22.7. The number of rotatable bonds is 10. The molecule has 0 aliphatic heterocycles. The monoisotopic (exact) mass is 686 g/mol. The standard InChI is InChI=1S/C31H24ClF5N8O3/c1-16(46)13-44-26(17(2)23-10-21(33)4-5-24(23)32)27(43-29(47)19-7-20(31(35,36)37)9-22(34)8-19)42-28(44)30(48)40-12-18-3-6-25(39-11-18)45-15-38-14-41-45/h3-11,14-15,17H,12-13H2,1-2H3,(H,40,48)(H,43,47)/t17-/m0/s1. The van der Waals surface area contributed by atoms with E-state index in [0.29, 0.717) is 23.5 Å². The van der Waals surface area contributed by atoms with E-state index in [-0.39, 0.29) is 40.5 Å². The average Bonchev–Trinajstić information content (AvgIpc) is 3.69. The topological polar surface area (TPSA) is 137 Å². The van der Waals surface area contributed by atoms with Crippen molar-refractivity contribution in [2.45, 2.75) is 39.0 Å². The van der Waals surface area contributed by atoms with Crippen LogP contribution in [-0.4, -0.2) is 46.9 Å². The van der Waals surface area contributed by atoms with Crippen molar-refractivity contribution in [1.82, 2.24) is 34.6 Å². The largest absolute Gasteiger partial charge is 0.416 e. The highest BCUT2D eigenvalue weighted by Gasteiger charge is 2.33. The van der Waals surface area contributed by atoms with Crippen molar-refractivity contribution in [1.29, 1.82) is 0 Å². The molecule has 0 radical (unpaired) electrons. The van der Waals surface area contributed by atoms with Crippen molar-refractivity contribution in [3.8, 4) is 5.82 Å². The van der Waals surface area contributed by atoms with Crippen LogP contribution in [0.4, 0.5) is 27.8 Å². The molecule has 5 aromatic rings. The second-order valence-electron chi connectivity index (χ2n) is 10.6. The highest BCUT2D eigenvalue weighted by Crippen LogP contribution is 2.36. The molecule has 48 heavy (non-hydrogen) atoms. The molecule has 2 N–H and O–H groups in total. The Balaban J connectivity index is 1.54. The summed E-state index contributed by atoms with van der Waals surface area (Å²) >= 11 is 6.37. The van der Waals surface area contributed by atoms with E-state index < -0.39 is 59.0 Å². The molecule has 0 aliphatic rings. The molecule has 17 heteroatoms. The Hall–Kier alpha value is -5.51. The van der Waals surface area contributed by atoms with E-state index in [1.54, 1.807) is 12.1 Å². The van der Waals surface area contributed by atoms with Gasteiger partial charge in [0.25, 0.3) is 11.8 Å². The summed E-state index contributed by atoms with van der Waals surface area (Å²) in [6.07, 6.45) is -0.677. The highest BCUT2D eigenvalue weighted by molar-refractivity contribution is 6.31. The third kappa shape index (κ3) is 7.54. The van der Waals surface area contributed by atoms with Gasteiger partial charge in [-0.15, -0.1) is 0 Å². The molecule has 11 nitrogen and oxygen atoms in total. The van der Waals surface area contributed by atoms with Crippen molar-refractivity contribution < 1.29 is 36.3 Å². The van der Waals surface area contributed by atoms with Crippen molar-refractivity contribution in [2.75, 3.05) is 5.32 Å². The maximum Gasteiger partial charge on any atom is 0.416 e. The molecule has 0 saturated carbocycles. The SMILES string of the molecule is CC(=O)Cn1c(C(=O)NCc2ccc(-n3cncn3)nc2)nc(NC(=O)c2cc(F)cc(C(F)(F)F)c2)c1[C@@H](C)c1cc(F)ccc1Cl. The molecule has 0 unspecified atom stereocenters. The fourth-order valence-corrected chi connectivity index (χ4v) is 5.14. The maximum atomic E-state index is 14.3. The van der Waals surface area contributed by atoms with Crippen LogP contribution in [0.2, 0.25) is 5.02 Å². The van der Waals surface area contributed by atoms with E-state index in [9.17, 15) is 36.3 Å². The van der Waals surface area contributed by atoms with Crippen molar-refractivity contribution in [2.24, 2.45) is 0 Å². The number of amides is 2.